The SMILES string of the molecule is NC1CCC(C(=O)OC2=CCC=C2)CC1. The summed E-state index contributed by atoms with van der Waals surface area (Å²) in [5.41, 5.74) is 5.79. The van der Waals surface area contributed by atoms with Gasteiger partial charge in [0.25, 0.3) is 0 Å². The number of hydrogen-bond donors (Lipinski definition) is 1. The number of ether oxygens (including phenoxy) is 1. The molecule has 0 atom stereocenters. The molecule has 0 radical (unpaired) electrons. The van der Waals surface area contributed by atoms with E-state index in [0.29, 0.717) is 5.76 Å². The Hall–Kier alpha value is -1.09. The van der Waals surface area contributed by atoms with Crippen LogP contribution in [0.15, 0.2) is 24.0 Å². The molecule has 0 spiro atoms. The predicted molar refractivity (Wildman–Crippen MR) is 57.9 cm³/mol. The van der Waals surface area contributed by atoms with E-state index in [1.807, 2.05) is 18.2 Å². The van der Waals surface area contributed by atoms with Gasteiger partial charge in [-0.15, -0.1) is 0 Å². The van der Waals surface area contributed by atoms with Crippen molar-refractivity contribution < 1.29 is 9.53 Å². The molecule has 1 fully saturated rings. The van der Waals surface area contributed by atoms with Crippen molar-refractivity contribution in [1.29, 1.82) is 0 Å². The van der Waals surface area contributed by atoms with Crippen LogP contribution >= 0.6 is 0 Å². The second-order valence-electron chi connectivity index (χ2n) is 4.28. The Balaban J connectivity index is 1.83. The molecule has 3 nitrogen and oxygen atoms in total. The van der Waals surface area contributed by atoms with Gasteiger partial charge in [0.05, 0.1) is 5.92 Å². The Labute approximate surface area is 90.0 Å². The zero-order valence-corrected chi connectivity index (χ0v) is 8.82. The standard InChI is InChI=1S/C12H17NO2/c13-10-7-5-9(6-8-10)12(14)15-11-3-1-2-4-11/h1,3-4,9-10H,2,5-8,13H2. The Kier molecular flexibility index (Phi) is 3.21. The third-order valence-electron chi connectivity index (χ3n) is 3.06. The first-order chi connectivity index (χ1) is 7.25. The molecule has 2 rings (SSSR count). The first-order valence-corrected chi connectivity index (χ1v) is 5.59. The van der Waals surface area contributed by atoms with Gasteiger partial charge in [0.15, 0.2) is 0 Å². The van der Waals surface area contributed by atoms with Gasteiger partial charge in [-0.05, 0) is 44.3 Å². The van der Waals surface area contributed by atoms with Gasteiger partial charge < -0.3 is 10.5 Å². The van der Waals surface area contributed by atoms with Crippen molar-refractivity contribution in [3.8, 4) is 0 Å². The summed E-state index contributed by atoms with van der Waals surface area (Å²) >= 11 is 0. The molecule has 0 bridgehead atoms. The molecule has 0 aromatic carbocycles. The molecule has 0 aromatic heterocycles. The summed E-state index contributed by atoms with van der Waals surface area (Å²) in [6, 6.07) is 0.277. The Bertz CT molecular complexity index is 299. The summed E-state index contributed by atoms with van der Waals surface area (Å²) < 4.78 is 5.28. The molecule has 82 valence electrons. The Morgan fingerprint density at radius 3 is 2.67 bits per heavy atom. The average molecular weight is 207 g/mol. The van der Waals surface area contributed by atoms with Gasteiger partial charge in [0.1, 0.15) is 5.76 Å². The van der Waals surface area contributed by atoms with Crippen molar-refractivity contribution in [1.82, 2.24) is 0 Å². The van der Waals surface area contributed by atoms with E-state index < -0.39 is 0 Å². The molecule has 2 aliphatic carbocycles. The highest BCUT2D eigenvalue weighted by molar-refractivity contribution is 5.74. The number of carbonyl (C=O) groups excluding carboxylic acids is 1. The van der Waals surface area contributed by atoms with Crippen LogP contribution in [-0.2, 0) is 9.53 Å². The molecular weight excluding hydrogens is 190 g/mol. The molecule has 3 heteroatoms. The molecule has 2 aliphatic rings. The Morgan fingerprint density at radius 2 is 2.07 bits per heavy atom. The van der Waals surface area contributed by atoms with Crippen molar-refractivity contribution in [3.05, 3.63) is 24.0 Å². The summed E-state index contributed by atoms with van der Waals surface area (Å²) in [7, 11) is 0. The van der Waals surface area contributed by atoms with E-state index in [9.17, 15) is 4.79 Å². The van der Waals surface area contributed by atoms with E-state index in [1.54, 1.807) is 0 Å². The van der Waals surface area contributed by atoms with Gasteiger partial charge in [0.2, 0.25) is 0 Å². The average Bonchev–Trinajstić information content (AvgIpc) is 2.71. The molecule has 0 aliphatic heterocycles. The van der Waals surface area contributed by atoms with Gasteiger partial charge in [-0.3, -0.25) is 4.79 Å². The second-order valence-corrected chi connectivity index (χ2v) is 4.28. The summed E-state index contributed by atoms with van der Waals surface area (Å²) in [6.45, 7) is 0. The van der Waals surface area contributed by atoms with E-state index in [4.69, 9.17) is 10.5 Å². The lowest BCUT2D eigenvalue weighted by atomic mass is 9.86. The molecule has 0 heterocycles. The van der Waals surface area contributed by atoms with Crippen LogP contribution in [0.1, 0.15) is 32.1 Å². The van der Waals surface area contributed by atoms with Crippen LogP contribution in [0.5, 0.6) is 0 Å². The van der Waals surface area contributed by atoms with Gasteiger partial charge in [-0.2, -0.15) is 0 Å². The highest BCUT2D eigenvalue weighted by Crippen LogP contribution is 2.25. The van der Waals surface area contributed by atoms with Gasteiger partial charge >= 0.3 is 5.97 Å². The molecule has 0 aromatic rings. The van der Waals surface area contributed by atoms with Crippen LogP contribution in [0.4, 0.5) is 0 Å². The molecule has 2 N–H and O–H groups in total. The summed E-state index contributed by atoms with van der Waals surface area (Å²) in [5.74, 6) is 0.675. The smallest absolute Gasteiger partial charge is 0.314 e. The maximum absolute atomic E-state index is 11.7. The largest absolute Gasteiger partial charge is 0.427 e. The van der Waals surface area contributed by atoms with Crippen LogP contribution in [0.3, 0.4) is 0 Å². The minimum atomic E-state index is -0.0836. The van der Waals surface area contributed by atoms with Gasteiger partial charge in [-0.25, -0.2) is 0 Å². The van der Waals surface area contributed by atoms with Crippen molar-refractivity contribution in [2.45, 2.75) is 38.1 Å². The molecule has 0 saturated heterocycles. The lowest BCUT2D eigenvalue weighted by Crippen LogP contribution is -2.30. The third kappa shape index (κ3) is 2.69. The van der Waals surface area contributed by atoms with Crippen LogP contribution in [0, 0.1) is 5.92 Å². The van der Waals surface area contributed by atoms with E-state index in [-0.39, 0.29) is 17.9 Å². The molecule has 0 unspecified atom stereocenters. The number of rotatable bonds is 2. The predicted octanol–water partition coefficient (Wildman–Crippen LogP) is 1.89. The summed E-state index contributed by atoms with van der Waals surface area (Å²) in [5, 5.41) is 0. The fraction of sp³-hybridized carbons (Fsp3) is 0.583. The Morgan fingerprint density at radius 1 is 1.33 bits per heavy atom. The van der Waals surface area contributed by atoms with Crippen molar-refractivity contribution in [3.63, 3.8) is 0 Å². The first kappa shape index (κ1) is 10.4. The maximum Gasteiger partial charge on any atom is 0.314 e. The monoisotopic (exact) mass is 207 g/mol. The van der Waals surface area contributed by atoms with Crippen molar-refractivity contribution >= 4 is 5.97 Å². The molecular formula is C12H17NO2. The number of carbonyl (C=O) groups is 1. The van der Waals surface area contributed by atoms with Crippen LogP contribution in [0.2, 0.25) is 0 Å². The number of esters is 1. The van der Waals surface area contributed by atoms with Crippen molar-refractivity contribution in [2.24, 2.45) is 11.7 Å². The summed E-state index contributed by atoms with van der Waals surface area (Å²) in [4.78, 5) is 11.7. The molecule has 1 saturated carbocycles. The fourth-order valence-corrected chi connectivity index (χ4v) is 2.07. The maximum atomic E-state index is 11.7. The zero-order valence-electron chi connectivity index (χ0n) is 8.82. The number of allylic oxidation sites excluding steroid dienone is 3. The number of hydrogen-bond acceptors (Lipinski definition) is 3. The highest BCUT2D eigenvalue weighted by Gasteiger charge is 2.26. The normalized spacial score (nSPS) is 30.1. The van der Waals surface area contributed by atoms with E-state index in [1.165, 1.54) is 0 Å². The van der Waals surface area contributed by atoms with Crippen molar-refractivity contribution in [2.75, 3.05) is 0 Å². The second kappa shape index (κ2) is 4.62. The van der Waals surface area contributed by atoms with Gasteiger partial charge in [-0.1, -0.05) is 6.08 Å². The highest BCUT2D eigenvalue weighted by atomic mass is 16.5. The van der Waals surface area contributed by atoms with Crippen LogP contribution in [-0.4, -0.2) is 12.0 Å². The van der Waals surface area contributed by atoms with E-state index >= 15 is 0 Å². The van der Waals surface area contributed by atoms with E-state index in [0.717, 1.165) is 32.1 Å². The van der Waals surface area contributed by atoms with Gasteiger partial charge in [0, 0.05) is 6.04 Å². The quantitative estimate of drug-likeness (QED) is 0.703. The first-order valence-electron chi connectivity index (χ1n) is 5.59. The van der Waals surface area contributed by atoms with Crippen LogP contribution in [0.25, 0.3) is 0 Å². The number of nitrogens with two attached hydrogens (primary N) is 1. The minimum Gasteiger partial charge on any atom is -0.427 e. The van der Waals surface area contributed by atoms with E-state index in [2.05, 4.69) is 0 Å². The lowest BCUT2D eigenvalue weighted by molar-refractivity contribution is -0.144. The minimum absolute atomic E-state index is 0.0553. The fourth-order valence-electron chi connectivity index (χ4n) is 2.07. The molecule has 0 amide bonds. The zero-order chi connectivity index (χ0) is 10.7. The summed E-state index contributed by atoms with van der Waals surface area (Å²) in [6.07, 6.45) is 10.3. The topological polar surface area (TPSA) is 52.3 Å². The van der Waals surface area contributed by atoms with Crippen LogP contribution < -0.4 is 5.73 Å². The molecule has 15 heavy (non-hydrogen) atoms. The third-order valence-corrected chi connectivity index (χ3v) is 3.06. The lowest BCUT2D eigenvalue weighted by Gasteiger charge is -2.24.